The highest BCUT2D eigenvalue weighted by atomic mass is 16.4. The molecule has 2 aliphatic carbocycles. The highest BCUT2D eigenvalue weighted by Crippen LogP contribution is 2.55. The Morgan fingerprint density at radius 2 is 1.83 bits per heavy atom. The summed E-state index contributed by atoms with van der Waals surface area (Å²) in [4.78, 5) is 14.3. The molecular formula is C20H21NO2. The maximum Gasteiger partial charge on any atom is 0.326 e. The van der Waals surface area contributed by atoms with Crippen LogP contribution in [0.4, 0.5) is 5.69 Å². The maximum atomic E-state index is 12.1. The molecule has 118 valence electrons. The van der Waals surface area contributed by atoms with E-state index in [-0.39, 0.29) is 17.9 Å². The average molecular weight is 307 g/mol. The van der Waals surface area contributed by atoms with Crippen molar-refractivity contribution >= 4 is 11.7 Å². The van der Waals surface area contributed by atoms with E-state index in [0.29, 0.717) is 11.8 Å². The fourth-order valence-electron chi connectivity index (χ4n) is 5.40. The molecular weight excluding hydrogens is 286 g/mol. The molecule has 23 heavy (non-hydrogen) atoms. The molecule has 0 saturated carbocycles. The number of hydrogen-bond donors (Lipinski definition) is 1. The Morgan fingerprint density at radius 3 is 2.61 bits per heavy atom. The molecule has 0 fully saturated rings. The third kappa shape index (κ3) is 1.68. The smallest absolute Gasteiger partial charge is 0.326 e. The highest BCUT2D eigenvalue weighted by Gasteiger charge is 2.49. The molecule has 2 heterocycles. The fourth-order valence-corrected chi connectivity index (χ4v) is 5.40. The summed E-state index contributed by atoms with van der Waals surface area (Å²) in [5, 5.41) is 9.94. The molecule has 5 atom stereocenters. The van der Waals surface area contributed by atoms with E-state index < -0.39 is 5.97 Å². The number of carbonyl (C=O) groups is 1. The molecule has 5 rings (SSSR count). The molecule has 3 nitrogen and oxygen atoms in total. The quantitative estimate of drug-likeness (QED) is 0.806. The van der Waals surface area contributed by atoms with Gasteiger partial charge < -0.3 is 10.0 Å². The number of allylic oxidation sites excluding steroid dienone is 4. The first-order valence-corrected chi connectivity index (χ1v) is 8.62. The number of benzene rings is 1. The van der Waals surface area contributed by atoms with Gasteiger partial charge >= 0.3 is 5.97 Å². The molecule has 0 saturated heterocycles. The SMILES string of the molecule is Cc1cc2c3c(c1)[C@@H]1C=CC[C@@H]1[C@@H](C(=O)O)N3C[C@@H]1CC=C[C@H]21. The summed E-state index contributed by atoms with van der Waals surface area (Å²) in [5.74, 6) is 0.787. The minimum atomic E-state index is -0.662. The van der Waals surface area contributed by atoms with Crippen molar-refractivity contribution in [1.29, 1.82) is 0 Å². The Labute approximate surface area is 136 Å². The predicted molar refractivity (Wildman–Crippen MR) is 89.9 cm³/mol. The normalized spacial score (nSPS) is 35.9. The van der Waals surface area contributed by atoms with Crippen molar-refractivity contribution in [3.8, 4) is 0 Å². The van der Waals surface area contributed by atoms with Gasteiger partial charge in [0, 0.05) is 30.0 Å². The summed E-state index contributed by atoms with van der Waals surface area (Å²) in [6.45, 7) is 3.04. The van der Waals surface area contributed by atoms with Crippen molar-refractivity contribution in [3.63, 3.8) is 0 Å². The lowest BCUT2D eigenvalue weighted by Gasteiger charge is -2.49. The largest absolute Gasteiger partial charge is 0.480 e. The fraction of sp³-hybridized carbons (Fsp3) is 0.450. The molecule has 1 aromatic carbocycles. The molecule has 3 heteroatoms. The second-order valence-electron chi connectivity index (χ2n) is 7.53. The Kier molecular flexibility index (Phi) is 2.62. The van der Waals surface area contributed by atoms with Gasteiger partial charge in [0.25, 0.3) is 0 Å². The first kappa shape index (κ1) is 13.4. The molecule has 2 aliphatic heterocycles. The number of aryl methyl sites for hydroxylation is 1. The molecule has 0 unspecified atom stereocenters. The molecule has 1 N–H and O–H groups in total. The minimum absolute atomic E-state index is 0.181. The van der Waals surface area contributed by atoms with Crippen LogP contribution in [0.2, 0.25) is 0 Å². The van der Waals surface area contributed by atoms with Gasteiger partial charge in [0.1, 0.15) is 6.04 Å². The maximum absolute atomic E-state index is 12.1. The number of anilines is 1. The van der Waals surface area contributed by atoms with E-state index in [2.05, 4.69) is 48.3 Å². The van der Waals surface area contributed by atoms with Crippen LogP contribution < -0.4 is 4.90 Å². The van der Waals surface area contributed by atoms with Crippen molar-refractivity contribution < 1.29 is 9.90 Å². The van der Waals surface area contributed by atoms with Gasteiger partial charge in [-0.15, -0.1) is 0 Å². The van der Waals surface area contributed by atoms with Gasteiger partial charge in [0.15, 0.2) is 0 Å². The van der Waals surface area contributed by atoms with Crippen molar-refractivity contribution in [2.24, 2.45) is 11.8 Å². The van der Waals surface area contributed by atoms with Gasteiger partial charge in [-0.2, -0.15) is 0 Å². The van der Waals surface area contributed by atoms with Crippen LogP contribution in [0, 0.1) is 18.8 Å². The van der Waals surface area contributed by atoms with E-state index in [0.717, 1.165) is 19.4 Å². The molecule has 0 radical (unpaired) electrons. The van der Waals surface area contributed by atoms with E-state index in [1.807, 2.05) is 0 Å². The zero-order valence-corrected chi connectivity index (χ0v) is 13.3. The number of hydrogen-bond acceptors (Lipinski definition) is 2. The molecule has 0 bridgehead atoms. The number of rotatable bonds is 1. The topological polar surface area (TPSA) is 40.5 Å². The third-order valence-corrected chi connectivity index (χ3v) is 6.25. The zero-order valence-electron chi connectivity index (χ0n) is 13.3. The Morgan fingerprint density at radius 1 is 1.13 bits per heavy atom. The summed E-state index contributed by atoms with van der Waals surface area (Å²) in [6.07, 6.45) is 11.0. The van der Waals surface area contributed by atoms with Crippen LogP contribution >= 0.6 is 0 Å². The lowest BCUT2D eigenvalue weighted by Crippen LogP contribution is -2.54. The van der Waals surface area contributed by atoms with Crippen molar-refractivity contribution in [2.45, 2.75) is 37.6 Å². The van der Waals surface area contributed by atoms with Gasteiger partial charge in [0.05, 0.1) is 0 Å². The second kappa shape index (κ2) is 4.50. The highest BCUT2D eigenvalue weighted by molar-refractivity contribution is 5.84. The summed E-state index contributed by atoms with van der Waals surface area (Å²) in [5.41, 5.74) is 5.24. The van der Waals surface area contributed by atoms with E-state index >= 15 is 0 Å². The molecule has 0 aromatic heterocycles. The summed E-state index contributed by atoms with van der Waals surface area (Å²) >= 11 is 0. The molecule has 0 amide bonds. The third-order valence-electron chi connectivity index (χ3n) is 6.25. The van der Waals surface area contributed by atoms with Crippen LogP contribution in [0.5, 0.6) is 0 Å². The second-order valence-corrected chi connectivity index (χ2v) is 7.53. The van der Waals surface area contributed by atoms with Crippen LogP contribution in [0.25, 0.3) is 0 Å². The lowest BCUT2D eigenvalue weighted by molar-refractivity contribution is -0.140. The first-order valence-electron chi connectivity index (χ1n) is 8.62. The van der Waals surface area contributed by atoms with E-state index in [1.165, 1.54) is 22.4 Å². The van der Waals surface area contributed by atoms with Crippen molar-refractivity contribution in [2.75, 3.05) is 11.4 Å². The Hall–Kier alpha value is -2.03. The van der Waals surface area contributed by atoms with Gasteiger partial charge in [-0.1, -0.05) is 42.0 Å². The predicted octanol–water partition coefficient (Wildman–Crippen LogP) is 3.60. The number of nitrogens with zero attached hydrogens (tertiary/aromatic N) is 1. The van der Waals surface area contributed by atoms with Crippen LogP contribution in [-0.4, -0.2) is 23.7 Å². The first-order chi connectivity index (χ1) is 11.1. The molecule has 1 aromatic rings. The summed E-state index contributed by atoms with van der Waals surface area (Å²) < 4.78 is 0. The zero-order chi connectivity index (χ0) is 15.7. The number of fused-ring (bicyclic) bond motifs is 4. The Bertz CT molecular complexity index is 746. The lowest BCUT2D eigenvalue weighted by atomic mass is 9.71. The van der Waals surface area contributed by atoms with Gasteiger partial charge in [-0.25, -0.2) is 4.79 Å². The average Bonchev–Trinajstić information content (AvgIpc) is 3.15. The number of carboxylic acid groups (broad SMARTS) is 1. The van der Waals surface area contributed by atoms with Gasteiger partial charge in [0.2, 0.25) is 0 Å². The van der Waals surface area contributed by atoms with Crippen LogP contribution in [0.3, 0.4) is 0 Å². The van der Waals surface area contributed by atoms with Gasteiger partial charge in [-0.05, 0) is 36.8 Å². The van der Waals surface area contributed by atoms with E-state index in [9.17, 15) is 9.90 Å². The van der Waals surface area contributed by atoms with Crippen molar-refractivity contribution in [3.05, 3.63) is 53.1 Å². The van der Waals surface area contributed by atoms with Gasteiger partial charge in [-0.3, -0.25) is 0 Å². The summed E-state index contributed by atoms with van der Waals surface area (Å²) in [7, 11) is 0. The van der Waals surface area contributed by atoms with E-state index in [4.69, 9.17) is 0 Å². The summed E-state index contributed by atoms with van der Waals surface area (Å²) in [6, 6.07) is 4.19. The number of aliphatic carboxylic acids is 1. The molecule has 4 aliphatic rings. The monoisotopic (exact) mass is 307 g/mol. The Balaban J connectivity index is 1.78. The van der Waals surface area contributed by atoms with Crippen LogP contribution in [0.15, 0.2) is 36.4 Å². The van der Waals surface area contributed by atoms with Crippen LogP contribution in [0.1, 0.15) is 41.4 Å². The van der Waals surface area contributed by atoms with Crippen molar-refractivity contribution in [1.82, 2.24) is 0 Å². The van der Waals surface area contributed by atoms with Crippen LogP contribution in [-0.2, 0) is 4.79 Å². The van der Waals surface area contributed by atoms with E-state index in [1.54, 1.807) is 0 Å². The standard InChI is InChI=1S/C20H21NO2/c1-11-8-16-13-5-2-4-12(13)10-21-18(16)17(9-11)14-6-3-7-15(14)19(21)20(22)23/h2-3,5-6,8-9,12-15,19H,4,7,10H2,1H3,(H,22,23)/t12-,13-,14+,15-,19-/m0/s1. The minimum Gasteiger partial charge on any atom is -0.480 e. The molecule has 0 spiro atoms. The number of carboxylic acids is 1.